The number of sulfone groups is 1. The summed E-state index contributed by atoms with van der Waals surface area (Å²) in [7, 11) is -3.41. The minimum Gasteiger partial charge on any atom is -0.253 e. The third kappa shape index (κ3) is 4.28. The molecule has 0 atom stereocenters. The van der Waals surface area contributed by atoms with E-state index < -0.39 is 15.7 Å². The molecule has 0 fully saturated rings. The third-order valence-electron chi connectivity index (χ3n) is 3.33. The van der Waals surface area contributed by atoms with Crippen LogP contribution in [0, 0.1) is 5.82 Å². The molecule has 1 heterocycles. The number of hydrazone groups is 1. The fourth-order valence-electron chi connectivity index (χ4n) is 2.08. The molecule has 0 aliphatic heterocycles. The summed E-state index contributed by atoms with van der Waals surface area (Å²) >= 11 is 1.37. The summed E-state index contributed by atoms with van der Waals surface area (Å²) in [5.74, 6) is -0.554. The highest BCUT2D eigenvalue weighted by Gasteiger charge is 2.10. The lowest BCUT2D eigenvalue weighted by Gasteiger charge is -2.01. The van der Waals surface area contributed by atoms with Crippen LogP contribution in [0.15, 0.2) is 63.9 Å². The second kappa shape index (κ2) is 7.12. The quantitative estimate of drug-likeness (QED) is 0.418. The van der Waals surface area contributed by atoms with E-state index in [4.69, 9.17) is 0 Å². The number of rotatable bonds is 5. The van der Waals surface area contributed by atoms with Crippen molar-refractivity contribution < 1.29 is 12.8 Å². The first-order chi connectivity index (χ1) is 11.9. The molecule has 2 aromatic carbocycles. The van der Waals surface area contributed by atoms with E-state index >= 15 is 0 Å². The predicted molar refractivity (Wildman–Crippen MR) is 98.3 cm³/mol. The van der Waals surface area contributed by atoms with Gasteiger partial charge in [0.15, 0.2) is 9.84 Å². The third-order valence-corrected chi connectivity index (χ3v) is 5.19. The van der Waals surface area contributed by atoms with Gasteiger partial charge in [0, 0.05) is 22.8 Å². The van der Waals surface area contributed by atoms with Crippen molar-refractivity contribution in [3.63, 3.8) is 0 Å². The van der Waals surface area contributed by atoms with Gasteiger partial charge in [0.1, 0.15) is 5.82 Å². The summed E-state index contributed by atoms with van der Waals surface area (Å²) in [6.07, 6.45) is 2.30. The highest BCUT2D eigenvalue weighted by Crippen LogP contribution is 2.24. The standard InChI is InChI=1S/C17H14FN3O2S2/c1-25(22,23)14-7-8-15(18)13(9-14)10-19-21-17-20-16(11-24-17)12-5-3-2-4-6-12/h2-11H,1H3,(H,20,21). The van der Waals surface area contributed by atoms with E-state index in [0.29, 0.717) is 5.13 Å². The summed E-state index contributed by atoms with van der Waals surface area (Å²) < 4.78 is 36.9. The number of hydrogen-bond acceptors (Lipinski definition) is 6. The minimum absolute atomic E-state index is 0.0379. The Balaban J connectivity index is 1.75. The van der Waals surface area contributed by atoms with Crippen LogP contribution < -0.4 is 5.43 Å². The molecule has 0 spiro atoms. The van der Waals surface area contributed by atoms with Crippen molar-refractivity contribution in [3.05, 3.63) is 65.3 Å². The maximum atomic E-state index is 13.8. The van der Waals surface area contributed by atoms with Gasteiger partial charge in [0.05, 0.1) is 16.8 Å². The maximum absolute atomic E-state index is 13.8. The topological polar surface area (TPSA) is 71.4 Å². The molecule has 25 heavy (non-hydrogen) atoms. The molecule has 0 radical (unpaired) electrons. The van der Waals surface area contributed by atoms with Gasteiger partial charge >= 0.3 is 0 Å². The molecule has 128 valence electrons. The van der Waals surface area contributed by atoms with Crippen LogP contribution in [-0.4, -0.2) is 25.9 Å². The molecule has 0 aliphatic rings. The number of aromatic nitrogens is 1. The first kappa shape index (κ1) is 17.2. The maximum Gasteiger partial charge on any atom is 0.203 e. The van der Waals surface area contributed by atoms with E-state index in [1.807, 2.05) is 35.7 Å². The summed E-state index contributed by atoms with van der Waals surface area (Å²) in [5.41, 5.74) is 4.61. The van der Waals surface area contributed by atoms with Gasteiger partial charge in [0.2, 0.25) is 5.13 Å². The SMILES string of the molecule is CS(=O)(=O)c1ccc(F)c(C=NNc2nc(-c3ccccc3)cs2)c1. The normalized spacial score (nSPS) is 11.8. The second-order valence-corrected chi connectivity index (χ2v) is 8.10. The second-order valence-electron chi connectivity index (χ2n) is 5.23. The number of nitrogens with one attached hydrogen (secondary N) is 1. The first-order valence-electron chi connectivity index (χ1n) is 7.23. The number of benzene rings is 2. The fourth-order valence-corrected chi connectivity index (χ4v) is 3.40. The summed E-state index contributed by atoms with van der Waals surface area (Å²) in [6.45, 7) is 0. The monoisotopic (exact) mass is 375 g/mol. The lowest BCUT2D eigenvalue weighted by atomic mass is 10.2. The highest BCUT2D eigenvalue weighted by molar-refractivity contribution is 7.90. The van der Waals surface area contributed by atoms with E-state index in [9.17, 15) is 12.8 Å². The molecule has 0 aliphatic carbocycles. The number of halogens is 1. The van der Waals surface area contributed by atoms with Crippen molar-refractivity contribution in [3.8, 4) is 11.3 Å². The smallest absolute Gasteiger partial charge is 0.203 e. The Bertz CT molecular complexity index is 1020. The Morgan fingerprint density at radius 1 is 1.20 bits per heavy atom. The molecular weight excluding hydrogens is 361 g/mol. The van der Waals surface area contributed by atoms with E-state index in [-0.39, 0.29) is 10.5 Å². The number of anilines is 1. The van der Waals surface area contributed by atoms with Crippen LogP contribution in [0.3, 0.4) is 0 Å². The molecule has 3 rings (SSSR count). The van der Waals surface area contributed by atoms with Crippen LogP contribution in [0.1, 0.15) is 5.56 Å². The number of thiazole rings is 1. The van der Waals surface area contributed by atoms with Gasteiger partial charge < -0.3 is 0 Å². The van der Waals surface area contributed by atoms with Crippen molar-refractivity contribution >= 4 is 32.5 Å². The van der Waals surface area contributed by atoms with E-state index in [1.165, 1.54) is 29.7 Å². The van der Waals surface area contributed by atoms with Gasteiger partial charge in [-0.25, -0.2) is 17.8 Å². The Morgan fingerprint density at radius 3 is 2.68 bits per heavy atom. The molecule has 0 amide bonds. The molecule has 1 aromatic heterocycles. The zero-order valence-electron chi connectivity index (χ0n) is 13.2. The molecule has 3 aromatic rings. The lowest BCUT2D eigenvalue weighted by molar-refractivity contribution is 0.600. The molecule has 1 N–H and O–H groups in total. The van der Waals surface area contributed by atoms with Crippen molar-refractivity contribution in [2.24, 2.45) is 5.10 Å². The number of hydrogen-bond donors (Lipinski definition) is 1. The summed E-state index contributed by atoms with van der Waals surface area (Å²) in [6, 6.07) is 13.3. The first-order valence-corrected chi connectivity index (χ1v) is 10.0. The average molecular weight is 375 g/mol. The van der Waals surface area contributed by atoms with Crippen LogP contribution in [0.4, 0.5) is 9.52 Å². The summed E-state index contributed by atoms with van der Waals surface area (Å²) in [4.78, 5) is 4.43. The van der Waals surface area contributed by atoms with Crippen LogP contribution >= 0.6 is 11.3 Å². The van der Waals surface area contributed by atoms with Crippen molar-refractivity contribution in [1.29, 1.82) is 0 Å². The van der Waals surface area contributed by atoms with Crippen molar-refractivity contribution in [1.82, 2.24) is 4.98 Å². The van der Waals surface area contributed by atoms with Gasteiger partial charge in [-0.15, -0.1) is 11.3 Å². The van der Waals surface area contributed by atoms with Crippen molar-refractivity contribution in [2.45, 2.75) is 4.90 Å². The van der Waals surface area contributed by atoms with Crippen LogP contribution in [0.5, 0.6) is 0 Å². The Labute approximate surface area is 148 Å². The molecule has 0 unspecified atom stereocenters. The van der Waals surface area contributed by atoms with Gasteiger partial charge in [0.25, 0.3) is 0 Å². The van der Waals surface area contributed by atoms with Crippen LogP contribution in [0.25, 0.3) is 11.3 Å². The van der Waals surface area contributed by atoms with Gasteiger partial charge in [-0.1, -0.05) is 30.3 Å². The van der Waals surface area contributed by atoms with Crippen LogP contribution in [0.2, 0.25) is 0 Å². The van der Waals surface area contributed by atoms with Crippen molar-refractivity contribution in [2.75, 3.05) is 11.7 Å². The van der Waals surface area contributed by atoms with Gasteiger partial charge in [-0.05, 0) is 18.2 Å². The largest absolute Gasteiger partial charge is 0.253 e. The fraction of sp³-hybridized carbons (Fsp3) is 0.0588. The Morgan fingerprint density at radius 2 is 1.96 bits per heavy atom. The van der Waals surface area contributed by atoms with Gasteiger partial charge in [-0.3, -0.25) is 5.43 Å². The zero-order valence-corrected chi connectivity index (χ0v) is 14.8. The Hall–Kier alpha value is -2.58. The number of nitrogens with zero attached hydrogens (tertiary/aromatic N) is 2. The molecule has 0 saturated carbocycles. The predicted octanol–water partition coefficient (Wildman–Crippen LogP) is 3.80. The lowest BCUT2D eigenvalue weighted by Crippen LogP contribution is -2.00. The van der Waals surface area contributed by atoms with Gasteiger partial charge in [-0.2, -0.15) is 5.10 Å². The highest BCUT2D eigenvalue weighted by atomic mass is 32.2. The van der Waals surface area contributed by atoms with E-state index in [2.05, 4.69) is 15.5 Å². The molecule has 0 bridgehead atoms. The van der Waals surface area contributed by atoms with E-state index in [1.54, 1.807) is 0 Å². The molecular formula is C17H14FN3O2S2. The Kier molecular flexibility index (Phi) is 4.91. The zero-order chi connectivity index (χ0) is 17.9. The molecule has 0 saturated heterocycles. The summed E-state index contributed by atoms with van der Waals surface area (Å²) in [5, 5.41) is 6.38. The minimum atomic E-state index is -3.41. The van der Waals surface area contributed by atoms with Crippen LogP contribution in [-0.2, 0) is 9.84 Å². The average Bonchev–Trinajstić information content (AvgIpc) is 3.05. The molecule has 8 heteroatoms. The van der Waals surface area contributed by atoms with E-state index in [0.717, 1.165) is 23.6 Å². The molecule has 5 nitrogen and oxygen atoms in total.